The molecule has 0 amide bonds. The van der Waals surface area contributed by atoms with E-state index in [1.807, 2.05) is 133 Å². The molecule has 0 N–H and O–H groups in total. The molecule has 0 saturated carbocycles. The van der Waals surface area contributed by atoms with Gasteiger partial charge in [0.1, 0.15) is 5.52 Å². The molecule has 6 heteroatoms. The lowest BCUT2D eigenvalue weighted by Gasteiger charge is -2.21. The van der Waals surface area contributed by atoms with Crippen molar-refractivity contribution in [3.05, 3.63) is 140 Å². The average Bonchev–Trinajstić information content (AvgIpc) is 3.06. The van der Waals surface area contributed by atoms with Crippen molar-refractivity contribution >= 4 is 44.9 Å². The maximum atomic E-state index is 14.9. The normalized spacial score (nSPS) is 12.3. The van der Waals surface area contributed by atoms with Gasteiger partial charge in [-0.1, -0.05) is 115 Å². The second kappa shape index (κ2) is 9.69. The van der Waals surface area contributed by atoms with Crippen LogP contribution in [0, 0.1) is 0 Å². The summed E-state index contributed by atoms with van der Waals surface area (Å²) < 4.78 is 27.3. The van der Waals surface area contributed by atoms with E-state index in [2.05, 4.69) is 6.07 Å². The molecule has 5 nitrogen and oxygen atoms in total. The molecular weight excluding hydrogens is 539 g/mol. The van der Waals surface area contributed by atoms with Crippen molar-refractivity contribution in [2.45, 2.75) is 0 Å². The van der Waals surface area contributed by atoms with E-state index in [1.165, 1.54) is 0 Å². The van der Waals surface area contributed by atoms with Gasteiger partial charge >= 0.3 is 0 Å². The summed E-state index contributed by atoms with van der Waals surface area (Å²) in [5.41, 5.74) is 3.34. The van der Waals surface area contributed by atoms with Crippen LogP contribution in [0.2, 0.25) is 0 Å². The molecule has 42 heavy (non-hydrogen) atoms. The van der Waals surface area contributed by atoms with Crippen LogP contribution in [0.4, 0.5) is 0 Å². The maximum Gasteiger partial charge on any atom is 0.284 e. The molecule has 1 aliphatic rings. The minimum Gasteiger partial charge on any atom is -0.431 e. The van der Waals surface area contributed by atoms with Crippen molar-refractivity contribution in [3.63, 3.8) is 0 Å². The molecule has 0 aliphatic carbocycles. The fourth-order valence-corrected chi connectivity index (χ4v) is 8.25. The smallest absolute Gasteiger partial charge is 0.284 e. The van der Waals surface area contributed by atoms with Crippen molar-refractivity contribution in [3.8, 4) is 34.4 Å². The third kappa shape index (κ3) is 3.98. The zero-order valence-electron chi connectivity index (χ0n) is 22.3. The number of benzene rings is 6. The van der Waals surface area contributed by atoms with E-state index in [0.29, 0.717) is 23.3 Å². The van der Waals surface area contributed by atoms with Crippen LogP contribution >= 0.6 is 7.14 Å². The van der Waals surface area contributed by atoms with Crippen LogP contribution in [0.3, 0.4) is 0 Å². The number of fused-ring (bicyclic) bond motifs is 5. The fraction of sp³-hybridized carbons (Fsp3) is 0. The molecule has 2 heterocycles. The van der Waals surface area contributed by atoms with Gasteiger partial charge in [0.25, 0.3) is 11.8 Å². The highest BCUT2D eigenvalue weighted by atomic mass is 31.2. The summed E-state index contributed by atoms with van der Waals surface area (Å²) in [5, 5.41) is 4.45. The first-order valence-corrected chi connectivity index (χ1v) is 15.4. The largest absolute Gasteiger partial charge is 0.431 e. The third-order valence-corrected chi connectivity index (χ3v) is 10.7. The highest BCUT2D eigenvalue weighted by Gasteiger charge is 2.30. The number of ether oxygens (including phenoxy) is 2. The standard InChI is InChI=1S/C36H23N2O3P/c39-42(27-12-3-1-4-13-27,28-14-5-2-6-15-28)29-16-9-11-25(22-29)26-19-21-32-33(23-26)41-36-35(40-32)37-31-20-18-24-10-7-8-17-30(24)34(31)38-36/h1-23H. The van der Waals surface area contributed by atoms with Gasteiger partial charge in [-0.3, -0.25) is 0 Å². The minimum absolute atomic E-state index is 0.329. The lowest BCUT2D eigenvalue weighted by molar-refractivity contribution is 0.339. The van der Waals surface area contributed by atoms with E-state index < -0.39 is 7.14 Å². The van der Waals surface area contributed by atoms with Crippen molar-refractivity contribution in [2.75, 3.05) is 0 Å². The Bertz CT molecular complexity index is 2140. The zero-order valence-corrected chi connectivity index (χ0v) is 23.2. The molecule has 200 valence electrons. The first-order valence-electron chi connectivity index (χ1n) is 13.7. The van der Waals surface area contributed by atoms with Gasteiger partial charge in [0.05, 0.1) is 5.52 Å². The molecule has 0 fully saturated rings. The molecule has 0 spiro atoms. The fourth-order valence-electron chi connectivity index (χ4n) is 5.56. The van der Waals surface area contributed by atoms with Crippen molar-refractivity contribution in [1.82, 2.24) is 9.97 Å². The molecular formula is C36H23N2O3P. The Morgan fingerprint density at radius 3 is 1.93 bits per heavy atom. The summed E-state index contributed by atoms with van der Waals surface area (Å²) in [6, 6.07) is 45.2. The van der Waals surface area contributed by atoms with Gasteiger partial charge in [-0.05, 0) is 40.8 Å². The second-order valence-electron chi connectivity index (χ2n) is 10.2. The average molecular weight is 563 g/mol. The van der Waals surface area contributed by atoms with E-state index in [-0.39, 0.29) is 0 Å². The first kappa shape index (κ1) is 24.5. The van der Waals surface area contributed by atoms with E-state index in [1.54, 1.807) is 0 Å². The van der Waals surface area contributed by atoms with Gasteiger partial charge in [-0.2, -0.15) is 0 Å². The van der Waals surface area contributed by atoms with Crippen LogP contribution in [0.5, 0.6) is 23.3 Å². The number of nitrogens with zero attached hydrogens (tertiary/aromatic N) is 2. The predicted molar refractivity (Wildman–Crippen MR) is 168 cm³/mol. The highest BCUT2D eigenvalue weighted by molar-refractivity contribution is 7.85. The summed E-state index contributed by atoms with van der Waals surface area (Å²) in [5.74, 6) is 1.78. The summed E-state index contributed by atoms with van der Waals surface area (Å²) in [7, 11) is -3.11. The molecule has 0 saturated heterocycles. The number of rotatable bonds is 4. The van der Waals surface area contributed by atoms with E-state index >= 15 is 0 Å². The summed E-state index contributed by atoms with van der Waals surface area (Å²) in [6.45, 7) is 0. The van der Waals surface area contributed by atoms with Crippen LogP contribution in [0.1, 0.15) is 0 Å². The summed E-state index contributed by atoms with van der Waals surface area (Å²) >= 11 is 0. The van der Waals surface area contributed by atoms with Gasteiger partial charge in [0.2, 0.25) is 0 Å². The molecule has 1 aromatic heterocycles. The zero-order chi connectivity index (χ0) is 28.1. The molecule has 0 bridgehead atoms. The third-order valence-electron chi connectivity index (χ3n) is 7.64. The Kier molecular flexibility index (Phi) is 5.66. The quantitative estimate of drug-likeness (QED) is 0.161. The van der Waals surface area contributed by atoms with Gasteiger partial charge in [-0.25, -0.2) is 9.97 Å². The van der Waals surface area contributed by atoms with Crippen molar-refractivity contribution < 1.29 is 14.0 Å². The van der Waals surface area contributed by atoms with Gasteiger partial charge in [-0.15, -0.1) is 0 Å². The Hall–Kier alpha value is -5.25. The molecule has 8 rings (SSSR count). The van der Waals surface area contributed by atoms with Gasteiger partial charge in [0, 0.05) is 21.3 Å². The molecule has 0 unspecified atom stereocenters. The van der Waals surface area contributed by atoms with Gasteiger partial charge < -0.3 is 14.0 Å². The van der Waals surface area contributed by atoms with Crippen LogP contribution in [0.15, 0.2) is 140 Å². The van der Waals surface area contributed by atoms with Gasteiger partial charge in [0.15, 0.2) is 18.6 Å². The molecule has 6 aromatic carbocycles. The Morgan fingerprint density at radius 1 is 0.500 bits per heavy atom. The summed E-state index contributed by atoms with van der Waals surface area (Å²) in [6.07, 6.45) is 0. The lowest BCUT2D eigenvalue weighted by atomic mass is 10.1. The predicted octanol–water partition coefficient (Wildman–Crippen LogP) is 7.99. The van der Waals surface area contributed by atoms with Crippen LogP contribution in [-0.4, -0.2) is 9.97 Å². The van der Waals surface area contributed by atoms with Crippen LogP contribution < -0.4 is 25.4 Å². The monoisotopic (exact) mass is 562 g/mol. The highest BCUT2D eigenvalue weighted by Crippen LogP contribution is 2.47. The number of hydrogen-bond donors (Lipinski definition) is 0. The van der Waals surface area contributed by atoms with Crippen molar-refractivity contribution in [2.24, 2.45) is 0 Å². The maximum absolute atomic E-state index is 14.9. The van der Waals surface area contributed by atoms with E-state index in [9.17, 15) is 4.57 Å². The Balaban J connectivity index is 1.20. The molecule has 0 radical (unpaired) electrons. The molecule has 1 aliphatic heterocycles. The molecule has 7 aromatic rings. The summed E-state index contributed by atoms with van der Waals surface area (Å²) in [4.78, 5) is 9.51. The first-order chi connectivity index (χ1) is 20.7. The second-order valence-corrected chi connectivity index (χ2v) is 13.0. The van der Waals surface area contributed by atoms with Crippen molar-refractivity contribution in [1.29, 1.82) is 0 Å². The topological polar surface area (TPSA) is 61.3 Å². The van der Waals surface area contributed by atoms with E-state index in [4.69, 9.17) is 19.4 Å². The SMILES string of the molecule is O=P(c1ccccc1)(c1ccccc1)c1cccc(-c2ccc3c(c2)Oc2nc4c(ccc5ccccc54)nc2O3)c1. The Labute approximate surface area is 242 Å². The van der Waals surface area contributed by atoms with Crippen LogP contribution in [0.25, 0.3) is 32.9 Å². The minimum atomic E-state index is -3.11. The number of hydrogen-bond acceptors (Lipinski definition) is 5. The lowest BCUT2D eigenvalue weighted by Crippen LogP contribution is -2.25. The van der Waals surface area contributed by atoms with Crippen LogP contribution in [-0.2, 0) is 4.57 Å². The molecule has 0 atom stereocenters. The number of aromatic nitrogens is 2. The van der Waals surface area contributed by atoms with E-state index in [0.717, 1.165) is 48.8 Å². The Morgan fingerprint density at radius 2 is 1.14 bits per heavy atom.